The highest BCUT2D eigenvalue weighted by Gasteiger charge is 2.25. The minimum Gasteiger partial charge on any atom is -0.341 e. The van der Waals surface area contributed by atoms with E-state index in [1.54, 1.807) is 25.3 Å². The monoisotopic (exact) mass is 534 g/mol. The van der Waals surface area contributed by atoms with Crippen molar-refractivity contribution in [1.29, 1.82) is 0 Å². The number of pyridine rings is 1. The Morgan fingerprint density at radius 1 is 1.16 bits per heavy atom. The average molecular weight is 535 g/mol. The van der Waals surface area contributed by atoms with Gasteiger partial charge in [-0.3, -0.25) is 24.7 Å². The van der Waals surface area contributed by atoms with Crippen molar-refractivity contribution in [1.82, 2.24) is 25.6 Å². The van der Waals surface area contributed by atoms with Crippen LogP contribution in [0.5, 0.6) is 0 Å². The lowest BCUT2D eigenvalue weighted by atomic mass is 9.97. The van der Waals surface area contributed by atoms with E-state index in [1.165, 1.54) is 11.3 Å². The fourth-order valence-corrected chi connectivity index (χ4v) is 5.79. The van der Waals surface area contributed by atoms with E-state index in [-0.39, 0.29) is 16.9 Å². The molecule has 190 valence electrons. The summed E-state index contributed by atoms with van der Waals surface area (Å²) in [6, 6.07) is 9.61. The Kier molecular flexibility index (Phi) is 7.73. The van der Waals surface area contributed by atoms with Gasteiger partial charge in [0.1, 0.15) is 0 Å². The zero-order chi connectivity index (χ0) is 25.8. The number of ketones is 1. The van der Waals surface area contributed by atoms with Crippen molar-refractivity contribution in [3.63, 3.8) is 0 Å². The molecule has 2 aliphatic rings. The van der Waals surface area contributed by atoms with Crippen LogP contribution in [0.3, 0.4) is 0 Å². The Hall–Kier alpha value is -3.41. The summed E-state index contributed by atoms with van der Waals surface area (Å²) in [5.74, 6) is 0.896. The lowest BCUT2D eigenvalue weighted by molar-refractivity contribution is -0.115. The highest BCUT2D eigenvalue weighted by atomic mass is 32.2. The Balaban J connectivity index is 1.08. The zero-order valence-corrected chi connectivity index (χ0v) is 21.9. The average Bonchev–Trinajstić information content (AvgIpc) is 3.52. The second kappa shape index (κ2) is 11.3. The number of anilines is 1. The van der Waals surface area contributed by atoms with Gasteiger partial charge in [-0.05, 0) is 79.9 Å². The number of imide groups is 1. The molecule has 5 heterocycles. The second-order valence-electron chi connectivity index (χ2n) is 8.97. The number of thioether (sulfide) groups is 1. The van der Waals surface area contributed by atoms with Gasteiger partial charge in [-0.15, -0.1) is 11.3 Å². The molecule has 37 heavy (non-hydrogen) atoms. The molecule has 0 atom stereocenters. The van der Waals surface area contributed by atoms with Crippen molar-refractivity contribution in [2.75, 3.05) is 24.5 Å². The molecular formula is C26H26N6O3S2. The topological polar surface area (TPSA) is 117 Å². The van der Waals surface area contributed by atoms with Gasteiger partial charge in [0.05, 0.1) is 26.0 Å². The van der Waals surface area contributed by atoms with Crippen LogP contribution in [-0.4, -0.2) is 51.5 Å². The summed E-state index contributed by atoms with van der Waals surface area (Å²) < 4.78 is 0. The Bertz CT molecular complexity index is 1350. The van der Waals surface area contributed by atoms with Crippen LogP contribution in [0.1, 0.15) is 40.7 Å². The van der Waals surface area contributed by atoms with E-state index in [2.05, 4.69) is 36.6 Å². The lowest BCUT2D eigenvalue weighted by Crippen LogP contribution is -2.38. The largest absolute Gasteiger partial charge is 0.341 e. The molecule has 0 radical (unpaired) electrons. The first-order chi connectivity index (χ1) is 17.9. The van der Waals surface area contributed by atoms with E-state index in [0.29, 0.717) is 22.5 Å². The summed E-state index contributed by atoms with van der Waals surface area (Å²) >= 11 is 2.35. The molecule has 0 bridgehead atoms. The summed E-state index contributed by atoms with van der Waals surface area (Å²) in [4.78, 5) is 52.5. The van der Waals surface area contributed by atoms with Crippen LogP contribution in [0.4, 0.5) is 10.7 Å². The number of Topliss-reactive ketones (excluding diaryl/α,β-unsaturated/α-hetero) is 1. The van der Waals surface area contributed by atoms with Crippen molar-refractivity contribution in [3.05, 3.63) is 63.8 Å². The van der Waals surface area contributed by atoms with E-state index in [9.17, 15) is 14.4 Å². The summed E-state index contributed by atoms with van der Waals surface area (Å²) in [6.45, 7) is 4.98. The van der Waals surface area contributed by atoms with Gasteiger partial charge >= 0.3 is 0 Å². The molecule has 0 saturated carbocycles. The van der Waals surface area contributed by atoms with Crippen LogP contribution >= 0.6 is 23.1 Å². The highest BCUT2D eigenvalue weighted by molar-refractivity contribution is 8.18. The van der Waals surface area contributed by atoms with Gasteiger partial charge in [0, 0.05) is 32.0 Å². The fourth-order valence-electron chi connectivity index (χ4n) is 4.25. The Labute approximate surface area is 222 Å². The van der Waals surface area contributed by atoms with Gasteiger partial charge in [0.15, 0.2) is 5.78 Å². The molecule has 0 aromatic carbocycles. The number of hydrogen-bond donors (Lipinski definition) is 2. The summed E-state index contributed by atoms with van der Waals surface area (Å²) in [5, 5.41) is 5.44. The number of carbonyl (C=O) groups is 3. The SMILES string of the molecule is CC(=O)c1ccc(-c2ccc(CNCC3CCN(c4nccc(/C=C5/SC(=O)NC5=O)n4)CC3)cn2)s1. The van der Waals surface area contributed by atoms with E-state index in [0.717, 1.165) is 71.8 Å². The molecule has 0 unspecified atom stereocenters. The number of carbonyl (C=O) groups excluding carboxylic acids is 3. The Morgan fingerprint density at radius 2 is 2.00 bits per heavy atom. The molecule has 5 rings (SSSR count). The van der Waals surface area contributed by atoms with E-state index in [4.69, 9.17) is 0 Å². The predicted molar refractivity (Wildman–Crippen MR) is 145 cm³/mol. The molecular weight excluding hydrogens is 508 g/mol. The third-order valence-corrected chi connectivity index (χ3v) is 8.29. The number of aromatic nitrogens is 3. The summed E-state index contributed by atoms with van der Waals surface area (Å²) in [6.07, 6.45) is 7.26. The first kappa shape index (κ1) is 25.2. The van der Waals surface area contributed by atoms with Gasteiger partial charge < -0.3 is 10.2 Å². The quantitative estimate of drug-likeness (QED) is 0.325. The number of piperidine rings is 1. The number of hydrogen-bond acceptors (Lipinski definition) is 10. The van der Waals surface area contributed by atoms with E-state index >= 15 is 0 Å². The zero-order valence-electron chi connectivity index (χ0n) is 20.3. The van der Waals surface area contributed by atoms with Gasteiger partial charge in [-0.2, -0.15) is 0 Å². The maximum atomic E-state index is 11.8. The molecule has 2 N–H and O–H groups in total. The van der Waals surface area contributed by atoms with Crippen LogP contribution in [0, 0.1) is 5.92 Å². The van der Waals surface area contributed by atoms with Crippen molar-refractivity contribution in [2.24, 2.45) is 5.92 Å². The molecule has 2 saturated heterocycles. The van der Waals surface area contributed by atoms with Crippen molar-refractivity contribution in [2.45, 2.75) is 26.3 Å². The molecule has 11 heteroatoms. The predicted octanol–water partition coefficient (Wildman–Crippen LogP) is 4.13. The van der Waals surface area contributed by atoms with Gasteiger partial charge in [0.25, 0.3) is 11.1 Å². The molecule has 3 aromatic rings. The summed E-state index contributed by atoms with van der Waals surface area (Å²) in [7, 11) is 0. The van der Waals surface area contributed by atoms with Gasteiger partial charge in [-0.25, -0.2) is 9.97 Å². The third-order valence-electron chi connectivity index (χ3n) is 6.28. The van der Waals surface area contributed by atoms with Crippen molar-refractivity contribution >= 4 is 52.1 Å². The number of nitrogens with one attached hydrogen (secondary N) is 2. The van der Waals surface area contributed by atoms with Crippen molar-refractivity contribution in [3.8, 4) is 10.6 Å². The van der Waals surface area contributed by atoms with Crippen LogP contribution in [0.2, 0.25) is 0 Å². The molecule has 0 aliphatic carbocycles. The van der Waals surface area contributed by atoms with E-state index < -0.39 is 0 Å². The van der Waals surface area contributed by atoms with Crippen LogP contribution in [0.25, 0.3) is 16.6 Å². The second-order valence-corrected chi connectivity index (χ2v) is 11.1. The Morgan fingerprint density at radius 3 is 2.68 bits per heavy atom. The first-order valence-electron chi connectivity index (χ1n) is 12.0. The van der Waals surface area contributed by atoms with Gasteiger partial charge in [-0.1, -0.05) is 6.07 Å². The molecule has 3 aromatic heterocycles. The van der Waals surface area contributed by atoms with Crippen molar-refractivity contribution < 1.29 is 14.4 Å². The maximum Gasteiger partial charge on any atom is 0.290 e. The molecule has 9 nitrogen and oxygen atoms in total. The highest BCUT2D eigenvalue weighted by Crippen LogP contribution is 2.28. The molecule has 2 aliphatic heterocycles. The van der Waals surface area contributed by atoms with Gasteiger partial charge in [0.2, 0.25) is 5.95 Å². The minimum absolute atomic E-state index is 0.0780. The lowest BCUT2D eigenvalue weighted by Gasteiger charge is -2.32. The smallest absolute Gasteiger partial charge is 0.290 e. The number of amides is 2. The molecule has 2 amide bonds. The molecule has 0 spiro atoms. The normalized spacial score (nSPS) is 17.4. The van der Waals surface area contributed by atoms with Crippen LogP contribution < -0.4 is 15.5 Å². The number of nitrogens with zero attached hydrogens (tertiary/aromatic N) is 4. The third kappa shape index (κ3) is 6.30. The van der Waals surface area contributed by atoms with E-state index in [1.807, 2.05) is 24.4 Å². The molecule has 2 fully saturated rings. The van der Waals surface area contributed by atoms with Crippen LogP contribution in [-0.2, 0) is 11.3 Å². The maximum absolute atomic E-state index is 11.8. The van der Waals surface area contributed by atoms with Crippen LogP contribution in [0.15, 0.2) is 47.6 Å². The number of rotatable bonds is 8. The fraction of sp³-hybridized carbons (Fsp3) is 0.308. The minimum atomic E-state index is -0.388. The number of thiophene rings is 1. The summed E-state index contributed by atoms with van der Waals surface area (Å²) in [5.41, 5.74) is 2.62. The standard InChI is InChI=1S/C26H26N6O3S2/c1-16(33)21-4-5-22(36-21)20-3-2-18(15-29-20)14-27-13-17-7-10-32(11-8-17)25-28-9-6-19(30-25)12-23-24(34)31-26(35)37-23/h2-6,9,12,15,17,27H,7-8,10-11,13-14H2,1H3,(H,31,34,35)/b23-12+. The first-order valence-corrected chi connectivity index (χ1v) is 13.7.